The molecule has 2 nitrogen and oxygen atoms in total. The Morgan fingerprint density at radius 3 is 2.55 bits per heavy atom. The summed E-state index contributed by atoms with van der Waals surface area (Å²) >= 11 is 0. The fourth-order valence-electron chi connectivity index (χ4n) is 2.33. The predicted molar refractivity (Wildman–Crippen MR) is 83.6 cm³/mol. The number of aryl methyl sites for hydroxylation is 1. The minimum absolute atomic E-state index is 0.286. The van der Waals surface area contributed by atoms with Gasteiger partial charge in [0.1, 0.15) is 0 Å². The van der Waals surface area contributed by atoms with Gasteiger partial charge in [-0.25, -0.2) is 0 Å². The van der Waals surface area contributed by atoms with Gasteiger partial charge in [-0.15, -0.1) is 0 Å². The van der Waals surface area contributed by atoms with Crippen molar-refractivity contribution in [2.24, 2.45) is 0 Å². The standard InChI is InChI=1S/C18H20N2/c1-3-7-17(16-8-5-4-6-9-16)20-18-12-15(13-19)11-10-14(18)2/h4-6,8-12,17,20H,3,7H2,1-2H3. The SMILES string of the molecule is CCCC(Nc1cc(C#N)ccc1C)c1ccccc1. The summed E-state index contributed by atoms with van der Waals surface area (Å²) in [7, 11) is 0. The second-order valence-electron chi connectivity index (χ2n) is 5.04. The summed E-state index contributed by atoms with van der Waals surface area (Å²) in [4.78, 5) is 0. The number of nitrogens with one attached hydrogen (secondary N) is 1. The van der Waals surface area contributed by atoms with Crippen LogP contribution < -0.4 is 5.32 Å². The van der Waals surface area contributed by atoms with Gasteiger partial charge in [0.2, 0.25) is 0 Å². The first-order chi connectivity index (χ1) is 9.74. The Labute approximate surface area is 121 Å². The third-order valence-corrected chi connectivity index (χ3v) is 3.48. The van der Waals surface area contributed by atoms with E-state index in [-0.39, 0.29) is 6.04 Å². The molecule has 1 unspecified atom stereocenters. The molecule has 0 aliphatic heterocycles. The summed E-state index contributed by atoms with van der Waals surface area (Å²) in [6.45, 7) is 4.26. The summed E-state index contributed by atoms with van der Waals surface area (Å²) in [6.07, 6.45) is 2.18. The van der Waals surface area contributed by atoms with Gasteiger partial charge in [-0.2, -0.15) is 5.26 Å². The van der Waals surface area contributed by atoms with Crippen LogP contribution in [0.15, 0.2) is 48.5 Å². The molecule has 0 bridgehead atoms. The summed E-state index contributed by atoms with van der Waals surface area (Å²) < 4.78 is 0. The van der Waals surface area contributed by atoms with Crippen LogP contribution in [0.2, 0.25) is 0 Å². The quantitative estimate of drug-likeness (QED) is 0.840. The van der Waals surface area contributed by atoms with E-state index >= 15 is 0 Å². The first kappa shape index (κ1) is 14.1. The average molecular weight is 264 g/mol. The molecule has 2 rings (SSSR count). The third kappa shape index (κ3) is 3.39. The molecule has 2 aromatic carbocycles. The highest BCUT2D eigenvalue weighted by Gasteiger charge is 2.11. The Morgan fingerprint density at radius 1 is 1.15 bits per heavy atom. The van der Waals surface area contributed by atoms with Gasteiger partial charge in [0, 0.05) is 5.69 Å². The molecule has 0 fully saturated rings. The number of rotatable bonds is 5. The van der Waals surface area contributed by atoms with Crippen LogP contribution in [0.25, 0.3) is 0 Å². The fourth-order valence-corrected chi connectivity index (χ4v) is 2.33. The highest BCUT2D eigenvalue weighted by molar-refractivity contribution is 5.56. The molecule has 0 aliphatic carbocycles. The second kappa shape index (κ2) is 6.77. The van der Waals surface area contributed by atoms with E-state index in [2.05, 4.69) is 49.5 Å². The molecular formula is C18H20N2. The topological polar surface area (TPSA) is 35.8 Å². The molecule has 0 radical (unpaired) electrons. The zero-order valence-corrected chi connectivity index (χ0v) is 12.1. The molecule has 0 saturated heterocycles. The van der Waals surface area contributed by atoms with Crippen molar-refractivity contribution in [2.75, 3.05) is 5.32 Å². The van der Waals surface area contributed by atoms with Crippen molar-refractivity contribution in [1.29, 1.82) is 5.26 Å². The van der Waals surface area contributed by atoms with Crippen LogP contribution in [0.5, 0.6) is 0 Å². The van der Waals surface area contributed by atoms with E-state index in [0.29, 0.717) is 5.56 Å². The normalized spacial score (nSPS) is 11.7. The molecule has 0 spiro atoms. The molecule has 1 atom stereocenters. The molecule has 0 aliphatic rings. The number of nitriles is 1. The van der Waals surface area contributed by atoms with Gasteiger partial charge in [-0.05, 0) is 36.6 Å². The average Bonchev–Trinajstić information content (AvgIpc) is 2.49. The summed E-state index contributed by atoms with van der Waals surface area (Å²) in [5.74, 6) is 0. The number of hydrogen-bond donors (Lipinski definition) is 1. The fraction of sp³-hybridized carbons (Fsp3) is 0.278. The number of hydrogen-bond acceptors (Lipinski definition) is 2. The van der Waals surface area contributed by atoms with Crippen molar-refractivity contribution in [3.05, 3.63) is 65.2 Å². The van der Waals surface area contributed by atoms with Crippen molar-refractivity contribution in [3.8, 4) is 6.07 Å². The van der Waals surface area contributed by atoms with Crippen LogP contribution in [0.4, 0.5) is 5.69 Å². The number of anilines is 1. The zero-order chi connectivity index (χ0) is 14.4. The zero-order valence-electron chi connectivity index (χ0n) is 12.1. The first-order valence-electron chi connectivity index (χ1n) is 7.07. The van der Waals surface area contributed by atoms with Crippen LogP contribution in [-0.4, -0.2) is 0 Å². The lowest BCUT2D eigenvalue weighted by Crippen LogP contribution is -2.11. The molecule has 2 heteroatoms. The second-order valence-corrected chi connectivity index (χ2v) is 5.04. The molecule has 0 aromatic heterocycles. The van der Waals surface area contributed by atoms with E-state index in [1.165, 1.54) is 11.1 Å². The van der Waals surface area contributed by atoms with E-state index in [1.54, 1.807) is 0 Å². The van der Waals surface area contributed by atoms with Gasteiger partial charge >= 0.3 is 0 Å². The lowest BCUT2D eigenvalue weighted by Gasteiger charge is -2.21. The van der Waals surface area contributed by atoms with Crippen LogP contribution in [0.1, 0.15) is 42.5 Å². The highest BCUT2D eigenvalue weighted by Crippen LogP contribution is 2.26. The third-order valence-electron chi connectivity index (χ3n) is 3.48. The van der Waals surface area contributed by atoms with Crippen molar-refractivity contribution >= 4 is 5.69 Å². The molecular weight excluding hydrogens is 244 g/mol. The van der Waals surface area contributed by atoms with Crippen LogP contribution in [-0.2, 0) is 0 Å². The van der Waals surface area contributed by atoms with Crippen molar-refractivity contribution < 1.29 is 0 Å². The van der Waals surface area contributed by atoms with Crippen molar-refractivity contribution in [3.63, 3.8) is 0 Å². The number of nitrogens with zero attached hydrogens (tertiary/aromatic N) is 1. The minimum Gasteiger partial charge on any atom is -0.378 e. The molecule has 0 amide bonds. The molecule has 20 heavy (non-hydrogen) atoms. The maximum Gasteiger partial charge on any atom is 0.0992 e. The van der Waals surface area contributed by atoms with Crippen molar-refractivity contribution in [1.82, 2.24) is 0 Å². The smallest absolute Gasteiger partial charge is 0.0992 e. The summed E-state index contributed by atoms with van der Waals surface area (Å²) in [5, 5.41) is 12.6. The minimum atomic E-state index is 0.286. The highest BCUT2D eigenvalue weighted by atomic mass is 14.9. The Bertz CT molecular complexity index is 597. The van der Waals surface area contributed by atoms with Crippen molar-refractivity contribution in [2.45, 2.75) is 32.7 Å². The Kier molecular flexibility index (Phi) is 4.79. The lowest BCUT2D eigenvalue weighted by atomic mass is 10.0. The Balaban J connectivity index is 2.27. The number of benzene rings is 2. The van der Waals surface area contributed by atoms with Gasteiger partial charge in [-0.1, -0.05) is 49.7 Å². The van der Waals surface area contributed by atoms with Crippen LogP contribution in [0, 0.1) is 18.3 Å². The largest absolute Gasteiger partial charge is 0.378 e. The lowest BCUT2D eigenvalue weighted by molar-refractivity contribution is 0.677. The molecule has 2 aromatic rings. The molecule has 1 N–H and O–H groups in total. The maximum absolute atomic E-state index is 9.03. The van der Waals surface area contributed by atoms with E-state index < -0.39 is 0 Å². The Hall–Kier alpha value is -2.27. The summed E-state index contributed by atoms with van der Waals surface area (Å²) in [5.41, 5.74) is 4.20. The van der Waals surface area contributed by atoms with E-state index in [9.17, 15) is 0 Å². The van der Waals surface area contributed by atoms with E-state index in [4.69, 9.17) is 5.26 Å². The first-order valence-corrected chi connectivity index (χ1v) is 7.07. The maximum atomic E-state index is 9.03. The van der Waals surface area contributed by atoms with Gasteiger partial charge < -0.3 is 5.32 Å². The molecule has 0 heterocycles. The Morgan fingerprint density at radius 2 is 1.90 bits per heavy atom. The van der Waals surface area contributed by atoms with Crippen LogP contribution >= 0.6 is 0 Å². The monoisotopic (exact) mass is 264 g/mol. The molecule has 0 saturated carbocycles. The van der Waals surface area contributed by atoms with Gasteiger partial charge in [0.25, 0.3) is 0 Å². The summed E-state index contributed by atoms with van der Waals surface area (Å²) in [6, 6.07) is 18.7. The predicted octanol–water partition coefficient (Wildman–Crippen LogP) is 4.82. The molecule has 102 valence electrons. The van der Waals surface area contributed by atoms with E-state index in [1.807, 2.05) is 24.3 Å². The van der Waals surface area contributed by atoms with E-state index in [0.717, 1.165) is 18.5 Å². The van der Waals surface area contributed by atoms with Gasteiger partial charge in [0.15, 0.2) is 0 Å². The van der Waals surface area contributed by atoms with Gasteiger partial charge in [0.05, 0.1) is 17.7 Å². The van der Waals surface area contributed by atoms with Crippen LogP contribution in [0.3, 0.4) is 0 Å². The van der Waals surface area contributed by atoms with Gasteiger partial charge in [-0.3, -0.25) is 0 Å².